The zero-order valence-corrected chi connectivity index (χ0v) is 13.4. The summed E-state index contributed by atoms with van der Waals surface area (Å²) in [6.07, 6.45) is 1.47. The molecule has 0 N–H and O–H groups in total. The van der Waals surface area contributed by atoms with Gasteiger partial charge in [-0.1, -0.05) is 0 Å². The molecule has 0 spiro atoms. The van der Waals surface area contributed by atoms with Crippen LogP contribution in [0.1, 0.15) is 26.5 Å². The number of nitrogens with zero attached hydrogens (tertiary/aromatic N) is 6. The molecule has 0 radical (unpaired) electrons. The number of carbonyl (C=O) groups excluding carboxylic acids is 1. The van der Waals surface area contributed by atoms with Crippen LogP contribution in [-0.2, 0) is 4.79 Å². The SMILES string of the molecule is CN1C(=O)[C@@H]2CN(C(C)(C)C)CCN2c2ncc(C#N)nc21. The van der Waals surface area contributed by atoms with Crippen LogP contribution in [-0.4, -0.2) is 59.0 Å². The Morgan fingerprint density at radius 2 is 2.05 bits per heavy atom. The zero-order valence-electron chi connectivity index (χ0n) is 13.4. The molecule has 3 heterocycles. The number of rotatable bonds is 0. The Morgan fingerprint density at radius 3 is 2.68 bits per heavy atom. The standard InChI is InChI=1S/C15H20N6O/c1-15(2,3)20-5-6-21-11(9-20)14(22)19(4)13-12(21)17-8-10(7-16)18-13/h8,11H,5-6,9H2,1-4H3/t11-/m0/s1. The van der Waals surface area contributed by atoms with E-state index in [0.717, 1.165) is 13.1 Å². The van der Waals surface area contributed by atoms with Crippen molar-refractivity contribution in [2.75, 3.05) is 36.5 Å². The van der Waals surface area contributed by atoms with Gasteiger partial charge in [-0.3, -0.25) is 14.6 Å². The average molecular weight is 300 g/mol. The molecule has 0 aromatic carbocycles. The number of aromatic nitrogens is 2. The lowest BCUT2D eigenvalue weighted by atomic mass is 10.00. The van der Waals surface area contributed by atoms with E-state index in [2.05, 4.69) is 35.6 Å². The number of piperazine rings is 1. The highest BCUT2D eigenvalue weighted by molar-refractivity contribution is 6.03. The summed E-state index contributed by atoms with van der Waals surface area (Å²) in [5, 5.41) is 8.97. The van der Waals surface area contributed by atoms with Crippen LogP contribution in [0.3, 0.4) is 0 Å². The van der Waals surface area contributed by atoms with E-state index in [1.807, 2.05) is 11.0 Å². The molecule has 7 heteroatoms. The summed E-state index contributed by atoms with van der Waals surface area (Å²) in [6.45, 7) is 8.76. The lowest BCUT2D eigenvalue weighted by Gasteiger charge is -2.49. The number of anilines is 2. The molecule has 1 amide bonds. The van der Waals surface area contributed by atoms with Crippen molar-refractivity contribution in [3.05, 3.63) is 11.9 Å². The monoisotopic (exact) mass is 300 g/mol. The maximum Gasteiger partial charge on any atom is 0.252 e. The van der Waals surface area contributed by atoms with E-state index in [9.17, 15) is 4.79 Å². The van der Waals surface area contributed by atoms with Gasteiger partial charge in [0.2, 0.25) is 0 Å². The number of carbonyl (C=O) groups is 1. The van der Waals surface area contributed by atoms with Gasteiger partial charge in [0.1, 0.15) is 12.1 Å². The van der Waals surface area contributed by atoms with Crippen LogP contribution in [0.15, 0.2) is 6.20 Å². The Kier molecular flexibility index (Phi) is 3.29. The third kappa shape index (κ3) is 2.20. The van der Waals surface area contributed by atoms with E-state index >= 15 is 0 Å². The lowest BCUT2D eigenvalue weighted by molar-refractivity contribution is -0.121. The normalized spacial score (nSPS) is 22.1. The van der Waals surface area contributed by atoms with E-state index in [0.29, 0.717) is 18.2 Å². The Balaban J connectivity index is 1.99. The molecule has 1 aromatic rings. The molecule has 1 aromatic heterocycles. The smallest absolute Gasteiger partial charge is 0.252 e. The first-order valence-corrected chi connectivity index (χ1v) is 7.39. The molecular formula is C15H20N6O. The van der Waals surface area contributed by atoms with Gasteiger partial charge in [0.25, 0.3) is 5.91 Å². The van der Waals surface area contributed by atoms with E-state index < -0.39 is 0 Å². The summed E-state index contributed by atoms with van der Waals surface area (Å²) in [6, 6.07) is 1.73. The third-order valence-corrected chi connectivity index (χ3v) is 4.38. The van der Waals surface area contributed by atoms with Gasteiger partial charge in [0.05, 0.1) is 6.20 Å². The molecule has 3 rings (SSSR count). The molecule has 0 saturated carbocycles. The number of hydrogen-bond donors (Lipinski definition) is 0. The highest BCUT2D eigenvalue weighted by Crippen LogP contribution is 2.34. The van der Waals surface area contributed by atoms with Crippen LogP contribution in [0.4, 0.5) is 11.6 Å². The topological polar surface area (TPSA) is 76.4 Å². The lowest BCUT2D eigenvalue weighted by Crippen LogP contribution is -2.65. The highest BCUT2D eigenvalue weighted by atomic mass is 16.2. The summed E-state index contributed by atoms with van der Waals surface area (Å²) < 4.78 is 0. The van der Waals surface area contributed by atoms with Crippen LogP contribution < -0.4 is 9.80 Å². The maximum absolute atomic E-state index is 12.7. The number of nitriles is 1. The minimum Gasteiger partial charge on any atom is -0.339 e. The predicted molar refractivity (Wildman–Crippen MR) is 82.6 cm³/mol. The second-order valence-electron chi connectivity index (χ2n) is 6.74. The van der Waals surface area contributed by atoms with Gasteiger partial charge < -0.3 is 4.90 Å². The number of hydrogen-bond acceptors (Lipinski definition) is 6. The minimum absolute atomic E-state index is 0.00541. The second kappa shape index (κ2) is 4.92. The molecule has 1 saturated heterocycles. The predicted octanol–water partition coefficient (Wildman–Crippen LogP) is 0.614. The van der Waals surface area contributed by atoms with Crippen LogP contribution in [0.2, 0.25) is 0 Å². The van der Waals surface area contributed by atoms with Crippen molar-refractivity contribution in [2.45, 2.75) is 32.4 Å². The van der Waals surface area contributed by atoms with Crippen molar-refractivity contribution in [1.29, 1.82) is 5.26 Å². The Hall–Kier alpha value is -2.20. The fourth-order valence-corrected chi connectivity index (χ4v) is 3.04. The first kappa shape index (κ1) is 14.7. The highest BCUT2D eigenvalue weighted by Gasteiger charge is 2.43. The minimum atomic E-state index is -0.243. The Morgan fingerprint density at radius 1 is 1.32 bits per heavy atom. The first-order valence-electron chi connectivity index (χ1n) is 7.39. The summed E-state index contributed by atoms with van der Waals surface area (Å²) in [5.74, 6) is 1.18. The van der Waals surface area contributed by atoms with Crippen LogP contribution >= 0.6 is 0 Å². The molecule has 0 unspecified atom stereocenters. The fraction of sp³-hybridized carbons (Fsp3) is 0.600. The van der Waals surface area contributed by atoms with E-state index in [1.54, 1.807) is 7.05 Å². The van der Waals surface area contributed by atoms with Crippen LogP contribution in [0.5, 0.6) is 0 Å². The van der Waals surface area contributed by atoms with Crippen molar-refractivity contribution in [3.63, 3.8) is 0 Å². The zero-order chi connectivity index (χ0) is 16.1. The molecule has 0 aliphatic carbocycles. The van der Waals surface area contributed by atoms with Crippen molar-refractivity contribution >= 4 is 17.5 Å². The summed E-state index contributed by atoms with van der Waals surface area (Å²) >= 11 is 0. The molecule has 116 valence electrons. The van der Waals surface area contributed by atoms with Gasteiger partial charge in [-0.15, -0.1) is 0 Å². The van der Waals surface area contributed by atoms with Gasteiger partial charge in [-0.25, -0.2) is 9.97 Å². The van der Waals surface area contributed by atoms with Crippen molar-refractivity contribution < 1.29 is 4.79 Å². The first-order chi connectivity index (χ1) is 10.3. The quantitative estimate of drug-likeness (QED) is 0.699. The van der Waals surface area contributed by atoms with Gasteiger partial charge in [-0.05, 0) is 20.8 Å². The number of fused-ring (bicyclic) bond motifs is 3. The van der Waals surface area contributed by atoms with E-state index in [1.165, 1.54) is 11.1 Å². The number of amides is 1. The second-order valence-corrected chi connectivity index (χ2v) is 6.74. The average Bonchev–Trinajstić information content (AvgIpc) is 2.50. The molecule has 0 bridgehead atoms. The summed E-state index contributed by atoms with van der Waals surface area (Å²) in [4.78, 5) is 27.2. The van der Waals surface area contributed by atoms with E-state index in [-0.39, 0.29) is 23.2 Å². The fourth-order valence-electron chi connectivity index (χ4n) is 3.04. The Bertz CT molecular complexity index is 659. The molecule has 22 heavy (non-hydrogen) atoms. The van der Waals surface area contributed by atoms with Crippen molar-refractivity contribution in [2.24, 2.45) is 0 Å². The van der Waals surface area contributed by atoms with Crippen molar-refractivity contribution in [3.8, 4) is 6.07 Å². The molecular weight excluding hydrogens is 280 g/mol. The summed E-state index contributed by atoms with van der Waals surface area (Å²) in [5.41, 5.74) is 0.256. The van der Waals surface area contributed by atoms with Crippen LogP contribution in [0.25, 0.3) is 0 Å². The molecule has 1 fully saturated rings. The molecule has 7 nitrogen and oxygen atoms in total. The molecule has 2 aliphatic heterocycles. The van der Waals surface area contributed by atoms with Gasteiger partial charge in [-0.2, -0.15) is 5.26 Å². The van der Waals surface area contributed by atoms with Gasteiger partial charge >= 0.3 is 0 Å². The van der Waals surface area contributed by atoms with E-state index in [4.69, 9.17) is 5.26 Å². The molecule has 1 atom stereocenters. The number of likely N-dealkylation sites (N-methyl/N-ethyl adjacent to an activating group) is 1. The van der Waals surface area contributed by atoms with Crippen molar-refractivity contribution in [1.82, 2.24) is 14.9 Å². The third-order valence-electron chi connectivity index (χ3n) is 4.38. The maximum atomic E-state index is 12.7. The Labute approximate surface area is 130 Å². The van der Waals surface area contributed by atoms with Gasteiger partial charge in [0.15, 0.2) is 17.3 Å². The molecule has 2 aliphatic rings. The van der Waals surface area contributed by atoms with Crippen LogP contribution in [0, 0.1) is 11.3 Å². The largest absolute Gasteiger partial charge is 0.339 e. The van der Waals surface area contributed by atoms with Gasteiger partial charge in [0, 0.05) is 32.2 Å². The summed E-state index contributed by atoms with van der Waals surface area (Å²) in [7, 11) is 1.70.